The number of hydrogen-bond donors (Lipinski definition) is 1. The summed E-state index contributed by atoms with van der Waals surface area (Å²) >= 11 is 12.2. The fourth-order valence-corrected chi connectivity index (χ4v) is 2.59. The quantitative estimate of drug-likeness (QED) is 0.846. The summed E-state index contributed by atoms with van der Waals surface area (Å²) in [5.74, 6) is 0.489. The molecule has 0 spiro atoms. The van der Waals surface area contributed by atoms with Gasteiger partial charge in [-0.05, 0) is 18.1 Å². The number of aromatic nitrogens is 2. The smallest absolute Gasteiger partial charge is 0.0868 e. The molecular formula is C14H17Cl2N3. The average Bonchev–Trinajstić information content (AvgIpc) is 2.71. The van der Waals surface area contributed by atoms with E-state index in [0.717, 1.165) is 34.1 Å². The Morgan fingerprint density at radius 3 is 2.68 bits per heavy atom. The lowest BCUT2D eigenvalue weighted by atomic mass is 10.2. The zero-order valence-corrected chi connectivity index (χ0v) is 12.6. The Labute approximate surface area is 123 Å². The first-order valence-electron chi connectivity index (χ1n) is 6.25. The van der Waals surface area contributed by atoms with Crippen LogP contribution in [0.4, 0.5) is 5.69 Å². The minimum Gasteiger partial charge on any atom is -0.379 e. The summed E-state index contributed by atoms with van der Waals surface area (Å²) in [4.78, 5) is 0. The normalized spacial score (nSPS) is 10.7. The number of nitrogens with one attached hydrogen (secondary N) is 1. The summed E-state index contributed by atoms with van der Waals surface area (Å²) in [6, 6.07) is 8.00. The van der Waals surface area contributed by atoms with Crippen LogP contribution in [0.25, 0.3) is 0 Å². The van der Waals surface area contributed by atoms with Crippen molar-refractivity contribution in [3.63, 3.8) is 0 Å². The van der Waals surface area contributed by atoms with Crippen molar-refractivity contribution in [2.75, 3.05) is 5.32 Å². The molecule has 0 aliphatic rings. The number of benzene rings is 1. The van der Waals surface area contributed by atoms with Crippen LogP contribution in [-0.2, 0) is 25.9 Å². The Hall–Kier alpha value is -1.19. The van der Waals surface area contributed by atoms with Gasteiger partial charge in [-0.25, -0.2) is 0 Å². The van der Waals surface area contributed by atoms with Crippen LogP contribution in [0, 0.1) is 0 Å². The van der Waals surface area contributed by atoms with E-state index in [1.807, 2.05) is 42.9 Å². The van der Waals surface area contributed by atoms with E-state index >= 15 is 0 Å². The lowest BCUT2D eigenvalue weighted by Crippen LogP contribution is -2.07. The molecule has 1 aromatic heterocycles. The van der Waals surface area contributed by atoms with E-state index in [0.29, 0.717) is 12.4 Å². The van der Waals surface area contributed by atoms with Crippen molar-refractivity contribution >= 4 is 28.9 Å². The van der Waals surface area contributed by atoms with E-state index in [1.165, 1.54) is 0 Å². The van der Waals surface area contributed by atoms with Crippen LogP contribution in [0.1, 0.15) is 23.9 Å². The highest BCUT2D eigenvalue weighted by molar-refractivity contribution is 6.31. The van der Waals surface area contributed by atoms with Gasteiger partial charge in [0.05, 0.1) is 23.0 Å². The van der Waals surface area contributed by atoms with Gasteiger partial charge in [-0.15, -0.1) is 11.6 Å². The molecule has 0 saturated carbocycles. The molecule has 2 aromatic rings. The van der Waals surface area contributed by atoms with E-state index in [9.17, 15) is 0 Å². The largest absolute Gasteiger partial charge is 0.379 e. The number of halogens is 2. The van der Waals surface area contributed by atoms with Crippen LogP contribution in [0.2, 0.25) is 5.02 Å². The van der Waals surface area contributed by atoms with E-state index in [-0.39, 0.29) is 0 Å². The van der Waals surface area contributed by atoms with Crippen LogP contribution in [0.5, 0.6) is 0 Å². The summed E-state index contributed by atoms with van der Waals surface area (Å²) in [5.41, 5.74) is 4.04. The minimum absolute atomic E-state index is 0.489. The summed E-state index contributed by atoms with van der Waals surface area (Å²) in [5, 5.41) is 8.52. The first-order chi connectivity index (χ1) is 9.17. The SMILES string of the molecule is CCc1nn(C)c(CNc2ccccc2CCl)c1Cl. The molecule has 0 unspecified atom stereocenters. The van der Waals surface area contributed by atoms with Crippen LogP contribution >= 0.6 is 23.2 Å². The number of para-hydroxylation sites is 1. The monoisotopic (exact) mass is 297 g/mol. The van der Waals surface area contributed by atoms with Crippen molar-refractivity contribution in [2.45, 2.75) is 25.8 Å². The second-order valence-corrected chi connectivity index (χ2v) is 4.97. The van der Waals surface area contributed by atoms with Crippen molar-refractivity contribution in [3.05, 3.63) is 46.2 Å². The van der Waals surface area contributed by atoms with Gasteiger partial charge in [-0.2, -0.15) is 5.10 Å². The molecule has 0 radical (unpaired) electrons. The molecule has 0 saturated heterocycles. The third kappa shape index (κ3) is 3.04. The molecule has 0 amide bonds. The number of anilines is 1. The fourth-order valence-electron chi connectivity index (χ4n) is 2.00. The third-order valence-electron chi connectivity index (χ3n) is 3.11. The number of hydrogen-bond acceptors (Lipinski definition) is 2. The predicted octanol–water partition coefficient (Wildman–Crippen LogP) is 3.99. The highest BCUT2D eigenvalue weighted by Gasteiger charge is 2.12. The lowest BCUT2D eigenvalue weighted by molar-refractivity contribution is 0.707. The second-order valence-electron chi connectivity index (χ2n) is 4.33. The molecule has 0 aliphatic carbocycles. The van der Waals surface area contributed by atoms with Gasteiger partial charge in [-0.3, -0.25) is 4.68 Å². The summed E-state index contributed by atoms with van der Waals surface area (Å²) in [6.45, 7) is 2.68. The van der Waals surface area contributed by atoms with Crippen LogP contribution in [-0.4, -0.2) is 9.78 Å². The summed E-state index contributed by atoms with van der Waals surface area (Å²) < 4.78 is 1.83. The number of aryl methyl sites for hydroxylation is 2. The van der Waals surface area contributed by atoms with Gasteiger partial charge in [0.15, 0.2) is 0 Å². The van der Waals surface area contributed by atoms with Gasteiger partial charge in [-0.1, -0.05) is 36.7 Å². The molecule has 5 heteroatoms. The third-order valence-corrected chi connectivity index (χ3v) is 3.83. The molecule has 102 valence electrons. The lowest BCUT2D eigenvalue weighted by Gasteiger charge is -2.10. The van der Waals surface area contributed by atoms with E-state index < -0.39 is 0 Å². The highest BCUT2D eigenvalue weighted by Crippen LogP contribution is 2.23. The maximum Gasteiger partial charge on any atom is 0.0868 e. The second kappa shape index (κ2) is 6.31. The van der Waals surface area contributed by atoms with Gasteiger partial charge in [0, 0.05) is 18.6 Å². The van der Waals surface area contributed by atoms with E-state index in [2.05, 4.69) is 10.4 Å². The van der Waals surface area contributed by atoms with Crippen LogP contribution in [0.15, 0.2) is 24.3 Å². The molecule has 3 nitrogen and oxygen atoms in total. The molecule has 0 bridgehead atoms. The average molecular weight is 298 g/mol. The van der Waals surface area contributed by atoms with Crippen molar-refractivity contribution < 1.29 is 0 Å². The zero-order chi connectivity index (χ0) is 13.8. The molecule has 1 heterocycles. The van der Waals surface area contributed by atoms with Crippen molar-refractivity contribution in [2.24, 2.45) is 7.05 Å². The predicted molar refractivity (Wildman–Crippen MR) is 80.9 cm³/mol. The molecule has 2 rings (SSSR count). The first kappa shape index (κ1) is 14.2. The Morgan fingerprint density at radius 1 is 1.32 bits per heavy atom. The summed E-state index contributed by atoms with van der Waals surface area (Å²) in [7, 11) is 1.91. The Kier molecular flexibility index (Phi) is 4.72. The Balaban J connectivity index is 2.17. The van der Waals surface area contributed by atoms with Gasteiger partial charge in [0.1, 0.15) is 0 Å². The van der Waals surface area contributed by atoms with Crippen molar-refractivity contribution in [1.29, 1.82) is 0 Å². The number of nitrogens with zero attached hydrogens (tertiary/aromatic N) is 2. The van der Waals surface area contributed by atoms with Gasteiger partial charge < -0.3 is 5.32 Å². The Bertz CT molecular complexity index is 564. The number of rotatable bonds is 5. The van der Waals surface area contributed by atoms with Gasteiger partial charge >= 0.3 is 0 Å². The van der Waals surface area contributed by atoms with Crippen molar-refractivity contribution in [3.8, 4) is 0 Å². The van der Waals surface area contributed by atoms with Crippen molar-refractivity contribution in [1.82, 2.24) is 9.78 Å². The molecular weight excluding hydrogens is 281 g/mol. The standard InChI is InChI=1S/C14H17Cl2N3/c1-3-11-14(16)13(19(2)18-11)9-17-12-7-5-4-6-10(12)8-15/h4-7,17H,3,8-9H2,1-2H3. The molecule has 1 aromatic carbocycles. The molecule has 19 heavy (non-hydrogen) atoms. The van der Waals surface area contributed by atoms with Crippen LogP contribution in [0.3, 0.4) is 0 Å². The fraction of sp³-hybridized carbons (Fsp3) is 0.357. The molecule has 0 atom stereocenters. The van der Waals surface area contributed by atoms with E-state index in [1.54, 1.807) is 0 Å². The minimum atomic E-state index is 0.489. The topological polar surface area (TPSA) is 29.9 Å². The summed E-state index contributed by atoms with van der Waals surface area (Å²) in [6.07, 6.45) is 0.838. The maximum absolute atomic E-state index is 6.32. The van der Waals surface area contributed by atoms with Gasteiger partial charge in [0.25, 0.3) is 0 Å². The molecule has 0 fully saturated rings. The molecule has 0 aliphatic heterocycles. The Morgan fingerprint density at radius 2 is 2.05 bits per heavy atom. The number of alkyl halides is 1. The maximum atomic E-state index is 6.32. The van der Waals surface area contributed by atoms with Gasteiger partial charge in [0.2, 0.25) is 0 Å². The van der Waals surface area contributed by atoms with Crippen LogP contribution < -0.4 is 5.32 Å². The highest BCUT2D eigenvalue weighted by atomic mass is 35.5. The zero-order valence-electron chi connectivity index (χ0n) is 11.1. The first-order valence-corrected chi connectivity index (χ1v) is 7.16. The molecule has 1 N–H and O–H groups in total. The van der Waals surface area contributed by atoms with E-state index in [4.69, 9.17) is 23.2 Å².